The number of nitrogens with zero attached hydrogens (tertiary/aromatic N) is 2. The Bertz CT molecular complexity index is 1030. The van der Waals surface area contributed by atoms with Crippen molar-refractivity contribution in [3.05, 3.63) is 52.1 Å². The van der Waals surface area contributed by atoms with Gasteiger partial charge in [0.25, 0.3) is 11.8 Å². The molecule has 170 valence electrons. The number of halogens is 2. The lowest BCUT2D eigenvalue weighted by atomic mass is 9.95. The number of anilines is 1. The zero-order valence-corrected chi connectivity index (χ0v) is 19.5. The molecule has 2 aliphatic heterocycles. The van der Waals surface area contributed by atoms with Gasteiger partial charge in [0, 0.05) is 29.3 Å². The number of ether oxygens (including phenoxy) is 1. The number of nitrogens with one attached hydrogen (secondary N) is 1. The van der Waals surface area contributed by atoms with E-state index in [1.807, 2.05) is 0 Å². The largest absolute Gasteiger partial charge is 0.476 e. The lowest BCUT2D eigenvalue weighted by Gasteiger charge is -2.41. The third-order valence-corrected chi connectivity index (χ3v) is 6.70. The standard InChI is InChI=1S/C23H26Cl2N4O3/c1-23(2,32-19-8-5-13(24)10-18(19)25)22(31)28-14-11-15-6-7-16(12-14)29(15)21-17(20(26)30)4-3-9-27-21/h3-5,8-10,14-16H,6-7,11-12H2,1-2H3,(H2,26,30)(H,28,31). The Morgan fingerprint density at radius 2 is 1.88 bits per heavy atom. The van der Waals surface area contributed by atoms with Gasteiger partial charge < -0.3 is 20.7 Å². The van der Waals surface area contributed by atoms with Gasteiger partial charge in [-0.25, -0.2) is 4.98 Å². The number of benzene rings is 1. The number of nitrogens with two attached hydrogens (primary N) is 1. The molecule has 2 atom stereocenters. The lowest BCUT2D eigenvalue weighted by molar-refractivity contribution is -0.135. The van der Waals surface area contributed by atoms with Crippen LogP contribution in [-0.4, -0.2) is 40.5 Å². The molecule has 0 radical (unpaired) electrons. The van der Waals surface area contributed by atoms with Crippen LogP contribution in [0.3, 0.4) is 0 Å². The first-order valence-electron chi connectivity index (χ1n) is 10.6. The summed E-state index contributed by atoms with van der Waals surface area (Å²) in [6, 6.07) is 8.69. The molecule has 2 bridgehead atoms. The van der Waals surface area contributed by atoms with E-state index >= 15 is 0 Å². The maximum Gasteiger partial charge on any atom is 0.263 e. The molecule has 7 nitrogen and oxygen atoms in total. The topological polar surface area (TPSA) is 97.6 Å². The van der Waals surface area contributed by atoms with E-state index in [9.17, 15) is 9.59 Å². The van der Waals surface area contributed by atoms with Crippen molar-refractivity contribution in [3.8, 4) is 5.75 Å². The molecule has 2 amide bonds. The summed E-state index contributed by atoms with van der Waals surface area (Å²) >= 11 is 12.1. The molecule has 2 unspecified atom stereocenters. The number of rotatable bonds is 6. The second kappa shape index (κ2) is 8.79. The van der Waals surface area contributed by atoms with Crippen LogP contribution in [0.4, 0.5) is 5.82 Å². The minimum atomic E-state index is -1.12. The lowest BCUT2D eigenvalue weighted by Crippen LogP contribution is -2.55. The van der Waals surface area contributed by atoms with Crippen molar-refractivity contribution in [1.82, 2.24) is 10.3 Å². The summed E-state index contributed by atoms with van der Waals surface area (Å²) in [5, 5.41) is 4.00. The first-order chi connectivity index (χ1) is 15.2. The molecule has 0 spiro atoms. The number of hydrogen-bond donors (Lipinski definition) is 2. The summed E-state index contributed by atoms with van der Waals surface area (Å²) < 4.78 is 5.92. The fourth-order valence-corrected chi connectivity index (χ4v) is 5.12. The molecule has 3 N–H and O–H groups in total. The number of carbonyl (C=O) groups excluding carboxylic acids is 2. The van der Waals surface area contributed by atoms with E-state index in [-0.39, 0.29) is 24.0 Å². The second-order valence-electron chi connectivity index (χ2n) is 8.86. The predicted molar refractivity (Wildman–Crippen MR) is 124 cm³/mol. The van der Waals surface area contributed by atoms with E-state index in [0.29, 0.717) is 27.2 Å². The molecule has 1 aromatic heterocycles. The zero-order valence-electron chi connectivity index (χ0n) is 18.0. The highest BCUT2D eigenvalue weighted by Crippen LogP contribution is 2.40. The van der Waals surface area contributed by atoms with Crippen LogP contribution in [0.2, 0.25) is 10.0 Å². The van der Waals surface area contributed by atoms with Crippen LogP contribution in [0.15, 0.2) is 36.5 Å². The fraction of sp³-hybridized carbons (Fsp3) is 0.435. The van der Waals surface area contributed by atoms with Crippen molar-refractivity contribution in [3.63, 3.8) is 0 Å². The van der Waals surface area contributed by atoms with Gasteiger partial charge in [-0.2, -0.15) is 0 Å². The number of hydrogen-bond acceptors (Lipinski definition) is 5. The summed E-state index contributed by atoms with van der Waals surface area (Å²) in [7, 11) is 0. The van der Waals surface area contributed by atoms with Gasteiger partial charge in [-0.05, 0) is 69.9 Å². The molecular formula is C23H26Cl2N4O3. The van der Waals surface area contributed by atoms with E-state index in [2.05, 4.69) is 15.2 Å². The monoisotopic (exact) mass is 476 g/mol. The Balaban J connectivity index is 1.44. The molecule has 3 heterocycles. The van der Waals surface area contributed by atoms with Crippen molar-refractivity contribution < 1.29 is 14.3 Å². The summed E-state index contributed by atoms with van der Waals surface area (Å²) in [6.45, 7) is 3.42. The SMILES string of the molecule is CC(C)(Oc1ccc(Cl)cc1Cl)C(=O)NC1CC2CCC(C1)N2c1ncccc1C(N)=O. The Morgan fingerprint density at radius 1 is 1.19 bits per heavy atom. The quantitative estimate of drug-likeness (QED) is 0.657. The van der Waals surface area contributed by atoms with E-state index in [1.165, 1.54) is 0 Å². The molecule has 32 heavy (non-hydrogen) atoms. The highest BCUT2D eigenvalue weighted by molar-refractivity contribution is 6.35. The molecule has 0 aliphatic carbocycles. The van der Waals surface area contributed by atoms with Crippen LogP contribution in [0.25, 0.3) is 0 Å². The Kier molecular flexibility index (Phi) is 6.23. The minimum absolute atomic E-state index is 0.000514. The number of aromatic nitrogens is 1. The van der Waals surface area contributed by atoms with Crippen molar-refractivity contribution in [2.75, 3.05) is 4.90 Å². The average Bonchev–Trinajstić information content (AvgIpc) is 3.00. The van der Waals surface area contributed by atoms with Crippen molar-refractivity contribution in [2.24, 2.45) is 5.73 Å². The van der Waals surface area contributed by atoms with Gasteiger partial charge in [0.1, 0.15) is 11.6 Å². The zero-order chi connectivity index (χ0) is 23.0. The summed E-state index contributed by atoms with van der Waals surface area (Å²) in [5.74, 6) is 0.346. The molecule has 2 saturated heterocycles. The molecule has 9 heteroatoms. The fourth-order valence-electron chi connectivity index (χ4n) is 4.67. The highest BCUT2D eigenvalue weighted by Gasteiger charge is 2.44. The van der Waals surface area contributed by atoms with Gasteiger partial charge in [-0.15, -0.1) is 0 Å². The number of carbonyl (C=O) groups is 2. The van der Waals surface area contributed by atoms with Crippen LogP contribution in [-0.2, 0) is 4.79 Å². The molecule has 2 aliphatic rings. The van der Waals surface area contributed by atoms with Gasteiger partial charge in [0.05, 0.1) is 10.6 Å². The third kappa shape index (κ3) is 4.50. The van der Waals surface area contributed by atoms with E-state index in [4.69, 9.17) is 33.7 Å². The number of pyridine rings is 1. The van der Waals surface area contributed by atoms with Crippen molar-refractivity contribution in [1.29, 1.82) is 0 Å². The van der Waals surface area contributed by atoms with Crippen LogP contribution < -0.4 is 20.7 Å². The maximum absolute atomic E-state index is 13.1. The second-order valence-corrected chi connectivity index (χ2v) is 9.70. The van der Waals surface area contributed by atoms with Gasteiger partial charge in [-0.1, -0.05) is 23.2 Å². The number of amides is 2. The first-order valence-corrected chi connectivity index (χ1v) is 11.4. The molecule has 1 aromatic carbocycles. The highest BCUT2D eigenvalue weighted by atomic mass is 35.5. The van der Waals surface area contributed by atoms with E-state index in [0.717, 1.165) is 25.7 Å². The summed E-state index contributed by atoms with van der Waals surface area (Å²) in [5.41, 5.74) is 4.88. The average molecular weight is 477 g/mol. The Morgan fingerprint density at radius 3 is 2.50 bits per heavy atom. The Labute approximate surface area is 197 Å². The predicted octanol–water partition coefficient (Wildman–Crippen LogP) is 3.96. The van der Waals surface area contributed by atoms with Crippen LogP contribution in [0.5, 0.6) is 5.75 Å². The minimum Gasteiger partial charge on any atom is -0.476 e. The normalized spacial score (nSPS) is 22.5. The van der Waals surface area contributed by atoms with E-state index in [1.54, 1.807) is 50.4 Å². The first kappa shape index (κ1) is 22.7. The maximum atomic E-state index is 13.1. The van der Waals surface area contributed by atoms with Crippen LogP contribution >= 0.6 is 23.2 Å². The Hall–Kier alpha value is -2.51. The van der Waals surface area contributed by atoms with Gasteiger partial charge in [0.2, 0.25) is 0 Å². The van der Waals surface area contributed by atoms with Gasteiger partial charge >= 0.3 is 0 Å². The molecular weight excluding hydrogens is 451 g/mol. The summed E-state index contributed by atoms with van der Waals surface area (Å²) in [4.78, 5) is 31.6. The molecule has 4 rings (SSSR count). The van der Waals surface area contributed by atoms with Crippen molar-refractivity contribution in [2.45, 2.75) is 63.3 Å². The van der Waals surface area contributed by atoms with Gasteiger partial charge in [0.15, 0.2) is 5.60 Å². The summed E-state index contributed by atoms with van der Waals surface area (Å²) in [6.07, 6.45) is 5.15. The number of primary amides is 1. The third-order valence-electron chi connectivity index (χ3n) is 6.17. The smallest absolute Gasteiger partial charge is 0.263 e. The van der Waals surface area contributed by atoms with Gasteiger partial charge in [-0.3, -0.25) is 9.59 Å². The number of piperidine rings is 1. The van der Waals surface area contributed by atoms with E-state index < -0.39 is 11.5 Å². The molecule has 2 aromatic rings. The number of fused-ring (bicyclic) bond motifs is 2. The van der Waals surface area contributed by atoms with Crippen LogP contribution in [0.1, 0.15) is 49.9 Å². The van der Waals surface area contributed by atoms with Crippen LogP contribution in [0, 0.1) is 0 Å². The molecule has 2 fully saturated rings. The molecule has 0 saturated carbocycles. The van der Waals surface area contributed by atoms with Crippen molar-refractivity contribution >= 4 is 40.8 Å².